The molecule has 150 valence electrons. The Labute approximate surface area is 167 Å². The fraction of sp³-hybridized carbons (Fsp3) is 0.273. The Kier molecular flexibility index (Phi) is 5.17. The molecular weight excluding hydrogens is 373 g/mol. The number of primary amides is 1. The van der Waals surface area contributed by atoms with Gasteiger partial charge in [0.05, 0.1) is 18.2 Å². The first-order chi connectivity index (χ1) is 13.9. The number of hydrogen-bond donors (Lipinski definition) is 1. The highest BCUT2D eigenvalue weighted by Crippen LogP contribution is 2.21. The van der Waals surface area contributed by atoms with Crippen LogP contribution in [0.5, 0.6) is 0 Å². The van der Waals surface area contributed by atoms with Crippen LogP contribution in [0.3, 0.4) is 0 Å². The van der Waals surface area contributed by atoms with Gasteiger partial charge in [0.25, 0.3) is 5.91 Å². The van der Waals surface area contributed by atoms with Gasteiger partial charge in [-0.25, -0.2) is 4.39 Å². The van der Waals surface area contributed by atoms with E-state index >= 15 is 0 Å². The number of morpholine rings is 1. The van der Waals surface area contributed by atoms with Crippen LogP contribution >= 0.6 is 0 Å². The van der Waals surface area contributed by atoms with Gasteiger partial charge in [-0.05, 0) is 48.9 Å². The first-order valence-corrected chi connectivity index (χ1v) is 9.50. The molecule has 0 spiro atoms. The largest absolute Gasteiger partial charge is 0.376 e. The van der Waals surface area contributed by atoms with E-state index in [4.69, 9.17) is 10.5 Å². The molecule has 1 aliphatic heterocycles. The number of halogens is 1. The van der Waals surface area contributed by atoms with Crippen LogP contribution in [-0.4, -0.2) is 41.2 Å². The number of nitrogens with two attached hydrogens (primary N) is 1. The highest BCUT2D eigenvalue weighted by Gasteiger charge is 2.18. The normalized spacial score (nSPS) is 17.5. The van der Waals surface area contributed by atoms with E-state index in [0.29, 0.717) is 29.7 Å². The lowest BCUT2D eigenvalue weighted by atomic mass is 10.1. The molecule has 1 atom stereocenters. The van der Waals surface area contributed by atoms with Crippen LogP contribution in [0.15, 0.2) is 53.5 Å². The maximum absolute atomic E-state index is 13.3. The third kappa shape index (κ3) is 3.92. The summed E-state index contributed by atoms with van der Waals surface area (Å²) in [4.78, 5) is 27.0. The Morgan fingerprint density at radius 1 is 1.24 bits per heavy atom. The second-order valence-corrected chi connectivity index (χ2v) is 7.35. The van der Waals surface area contributed by atoms with Crippen LogP contribution in [0.2, 0.25) is 0 Å². The van der Waals surface area contributed by atoms with Crippen molar-refractivity contribution >= 4 is 16.8 Å². The number of benzene rings is 2. The highest BCUT2D eigenvalue weighted by atomic mass is 19.1. The molecule has 4 rings (SSSR count). The minimum atomic E-state index is -0.792. The zero-order valence-corrected chi connectivity index (χ0v) is 16.1. The summed E-state index contributed by atoms with van der Waals surface area (Å²) < 4.78 is 20.6. The molecule has 3 aromatic rings. The van der Waals surface area contributed by atoms with E-state index in [2.05, 4.69) is 4.90 Å². The number of amides is 1. The van der Waals surface area contributed by atoms with Crippen molar-refractivity contribution in [2.45, 2.75) is 19.6 Å². The zero-order valence-electron chi connectivity index (χ0n) is 16.1. The monoisotopic (exact) mass is 395 g/mol. The van der Waals surface area contributed by atoms with Crippen LogP contribution in [0.25, 0.3) is 16.6 Å². The number of rotatable bonds is 4. The van der Waals surface area contributed by atoms with Crippen LogP contribution in [0.1, 0.15) is 22.8 Å². The molecule has 0 radical (unpaired) electrons. The summed E-state index contributed by atoms with van der Waals surface area (Å²) in [5.41, 5.74) is 7.18. The fourth-order valence-corrected chi connectivity index (χ4v) is 3.76. The first kappa shape index (κ1) is 19.3. The van der Waals surface area contributed by atoms with Crippen molar-refractivity contribution < 1.29 is 13.9 Å². The van der Waals surface area contributed by atoms with E-state index < -0.39 is 11.3 Å². The molecular formula is C22H22FN3O3. The maximum atomic E-state index is 13.3. The van der Waals surface area contributed by atoms with Crippen molar-refractivity contribution in [1.29, 1.82) is 0 Å². The molecule has 29 heavy (non-hydrogen) atoms. The van der Waals surface area contributed by atoms with Gasteiger partial charge in [-0.1, -0.05) is 6.07 Å². The van der Waals surface area contributed by atoms with E-state index in [1.165, 1.54) is 18.3 Å². The van der Waals surface area contributed by atoms with Crippen molar-refractivity contribution in [2.24, 2.45) is 5.73 Å². The smallest absolute Gasteiger partial charge is 0.254 e. The lowest BCUT2D eigenvalue weighted by Crippen LogP contribution is -2.40. The standard InChI is InChI=1S/C22H22FN3O3/c1-14-11-25(8-9-29-14)12-15-2-7-20-18(10-15)21(27)19(22(24)28)13-26(20)17-5-3-16(23)4-6-17/h2-7,10,13-14H,8-9,11-12H2,1H3,(H2,24,28)/t14-/m1/s1. The van der Waals surface area contributed by atoms with E-state index in [-0.39, 0.29) is 17.5 Å². The van der Waals surface area contributed by atoms with Gasteiger partial charge in [0.1, 0.15) is 11.4 Å². The van der Waals surface area contributed by atoms with Crippen molar-refractivity contribution in [3.63, 3.8) is 0 Å². The van der Waals surface area contributed by atoms with E-state index in [0.717, 1.165) is 18.7 Å². The summed E-state index contributed by atoms with van der Waals surface area (Å²) in [6.07, 6.45) is 1.59. The maximum Gasteiger partial charge on any atom is 0.254 e. The number of carbonyl (C=O) groups excluding carboxylic acids is 1. The van der Waals surface area contributed by atoms with Crippen LogP contribution in [0.4, 0.5) is 4.39 Å². The third-order valence-corrected chi connectivity index (χ3v) is 5.17. The van der Waals surface area contributed by atoms with Gasteiger partial charge in [-0.15, -0.1) is 0 Å². The molecule has 1 aromatic heterocycles. The molecule has 1 amide bonds. The Morgan fingerprint density at radius 3 is 2.69 bits per heavy atom. The van der Waals surface area contributed by atoms with Gasteiger partial charge in [0, 0.05) is 36.9 Å². The van der Waals surface area contributed by atoms with E-state index in [1.54, 1.807) is 16.7 Å². The molecule has 7 heteroatoms. The molecule has 2 N–H and O–H groups in total. The van der Waals surface area contributed by atoms with E-state index in [9.17, 15) is 14.0 Å². The van der Waals surface area contributed by atoms with E-state index in [1.807, 2.05) is 25.1 Å². The first-order valence-electron chi connectivity index (χ1n) is 9.50. The van der Waals surface area contributed by atoms with Crippen LogP contribution in [0, 0.1) is 5.82 Å². The number of nitrogens with zero attached hydrogens (tertiary/aromatic N) is 2. The molecule has 0 saturated carbocycles. The van der Waals surface area contributed by atoms with Crippen molar-refractivity contribution in [2.75, 3.05) is 19.7 Å². The SMILES string of the molecule is C[C@@H]1CN(Cc2ccc3c(c2)c(=O)c(C(N)=O)cn3-c2ccc(F)cc2)CCO1. The lowest BCUT2D eigenvalue weighted by Gasteiger charge is -2.31. The average molecular weight is 395 g/mol. The Hall–Kier alpha value is -3.03. The molecule has 0 bridgehead atoms. The number of carbonyl (C=O) groups is 1. The molecule has 6 nitrogen and oxygen atoms in total. The molecule has 0 unspecified atom stereocenters. The van der Waals surface area contributed by atoms with Crippen LogP contribution in [-0.2, 0) is 11.3 Å². The minimum Gasteiger partial charge on any atom is -0.376 e. The number of hydrogen-bond acceptors (Lipinski definition) is 4. The minimum absolute atomic E-state index is 0.0982. The molecule has 1 saturated heterocycles. The number of fused-ring (bicyclic) bond motifs is 1. The Bertz CT molecular complexity index is 1120. The topological polar surface area (TPSA) is 77.6 Å². The highest BCUT2D eigenvalue weighted by molar-refractivity contribution is 5.96. The molecule has 2 heterocycles. The molecule has 1 aliphatic rings. The Balaban J connectivity index is 1.82. The van der Waals surface area contributed by atoms with Crippen molar-refractivity contribution in [1.82, 2.24) is 9.47 Å². The Morgan fingerprint density at radius 2 is 2.00 bits per heavy atom. The molecule has 0 aliphatic carbocycles. The second-order valence-electron chi connectivity index (χ2n) is 7.35. The quantitative estimate of drug-likeness (QED) is 0.736. The van der Waals surface area contributed by atoms with Gasteiger partial charge < -0.3 is 15.0 Å². The fourth-order valence-electron chi connectivity index (χ4n) is 3.76. The summed E-state index contributed by atoms with van der Waals surface area (Å²) in [7, 11) is 0. The van der Waals surface area contributed by atoms with Gasteiger partial charge >= 0.3 is 0 Å². The number of pyridine rings is 1. The van der Waals surface area contributed by atoms with Crippen LogP contribution < -0.4 is 11.2 Å². The van der Waals surface area contributed by atoms with Crippen molar-refractivity contribution in [3.8, 4) is 5.69 Å². The summed E-state index contributed by atoms with van der Waals surface area (Å²) in [6.45, 7) is 5.04. The summed E-state index contributed by atoms with van der Waals surface area (Å²) in [5, 5.41) is 0.407. The number of aromatic nitrogens is 1. The van der Waals surface area contributed by atoms with Gasteiger partial charge in [0.2, 0.25) is 5.43 Å². The predicted octanol–water partition coefficient (Wildman–Crippen LogP) is 2.45. The molecule has 2 aromatic carbocycles. The second kappa shape index (κ2) is 7.77. The van der Waals surface area contributed by atoms with Crippen molar-refractivity contribution in [3.05, 3.63) is 75.8 Å². The third-order valence-electron chi connectivity index (χ3n) is 5.17. The van der Waals surface area contributed by atoms with Gasteiger partial charge in [0.15, 0.2) is 0 Å². The summed E-state index contributed by atoms with van der Waals surface area (Å²) in [6, 6.07) is 11.5. The zero-order chi connectivity index (χ0) is 20.5. The van der Waals surface area contributed by atoms with Gasteiger partial charge in [-0.2, -0.15) is 0 Å². The molecule has 1 fully saturated rings. The summed E-state index contributed by atoms with van der Waals surface area (Å²) in [5.74, 6) is -1.16. The predicted molar refractivity (Wildman–Crippen MR) is 109 cm³/mol. The summed E-state index contributed by atoms with van der Waals surface area (Å²) >= 11 is 0. The average Bonchev–Trinajstić information content (AvgIpc) is 2.69. The lowest BCUT2D eigenvalue weighted by molar-refractivity contribution is -0.0211. The number of ether oxygens (including phenoxy) is 1. The van der Waals surface area contributed by atoms with Gasteiger partial charge in [-0.3, -0.25) is 14.5 Å².